The molecule has 21 heavy (non-hydrogen) atoms. The molecule has 0 amide bonds. The minimum atomic E-state index is 0.369. The Kier molecular flexibility index (Phi) is 4.84. The quantitative estimate of drug-likeness (QED) is 0.900. The molecule has 0 aliphatic carbocycles. The van der Waals surface area contributed by atoms with Crippen LogP contribution in [-0.4, -0.2) is 18.4 Å². The molecular weight excluding hydrogens is 278 g/mol. The topological polar surface area (TPSA) is 21.3 Å². The number of ether oxygens (including phenoxy) is 1. The van der Waals surface area contributed by atoms with E-state index >= 15 is 0 Å². The molecule has 0 bridgehead atoms. The van der Waals surface area contributed by atoms with Crippen molar-refractivity contribution < 1.29 is 4.74 Å². The third kappa shape index (κ3) is 3.42. The van der Waals surface area contributed by atoms with Crippen LogP contribution in [0.15, 0.2) is 54.6 Å². The SMILES string of the molecule is CCNC1c2ccccc2OCC1SCc1ccccc1. The minimum absolute atomic E-state index is 0.369. The van der Waals surface area contributed by atoms with Crippen molar-refractivity contribution in [2.75, 3.05) is 13.2 Å². The standard InChI is InChI=1S/C18H21NOS/c1-2-19-18-15-10-6-7-11-16(15)20-12-17(18)21-13-14-8-4-3-5-9-14/h3-11,17-19H,2,12-13H2,1H3. The van der Waals surface area contributed by atoms with Crippen LogP contribution in [0.5, 0.6) is 5.75 Å². The van der Waals surface area contributed by atoms with Crippen LogP contribution in [0.2, 0.25) is 0 Å². The lowest BCUT2D eigenvalue weighted by Gasteiger charge is -2.33. The maximum atomic E-state index is 5.94. The van der Waals surface area contributed by atoms with Gasteiger partial charge in [-0.25, -0.2) is 0 Å². The summed E-state index contributed by atoms with van der Waals surface area (Å²) in [6, 6.07) is 19.4. The molecule has 3 rings (SSSR count). The van der Waals surface area contributed by atoms with Crippen molar-refractivity contribution in [1.29, 1.82) is 0 Å². The molecule has 3 heteroatoms. The highest BCUT2D eigenvalue weighted by atomic mass is 32.2. The molecule has 2 aromatic rings. The van der Waals surface area contributed by atoms with E-state index in [-0.39, 0.29) is 0 Å². The van der Waals surface area contributed by atoms with Crippen molar-refractivity contribution in [1.82, 2.24) is 5.32 Å². The Morgan fingerprint density at radius 2 is 1.86 bits per heavy atom. The molecule has 0 saturated heterocycles. The van der Waals surface area contributed by atoms with Gasteiger partial charge in [0.15, 0.2) is 0 Å². The molecule has 1 aliphatic heterocycles. The third-order valence-corrected chi connectivity index (χ3v) is 5.10. The van der Waals surface area contributed by atoms with E-state index in [9.17, 15) is 0 Å². The lowest BCUT2D eigenvalue weighted by atomic mass is 10.0. The normalized spacial score (nSPS) is 20.6. The van der Waals surface area contributed by atoms with Crippen LogP contribution in [0.1, 0.15) is 24.1 Å². The lowest BCUT2D eigenvalue weighted by molar-refractivity contribution is 0.261. The van der Waals surface area contributed by atoms with Gasteiger partial charge in [0, 0.05) is 11.3 Å². The highest BCUT2D eigenvalue weighted by Crippen LogP contribution is 2.38. The Hall–Kier alpha value is -1.45. The largest absolute Gasteiger partial charge is 0.492 e. The van der Waals surface area contributed by atoms with Crippen molar-refractivity contribution in [3.05, 3.63) is 65.7 Å². The first kappa shape index (κ1) is 14.5. The summed E-state index contributed by atoms with van der Waals surface area (Å²) >= 11 is 1.97. The summed E-state index contributed by atoms with van der Waals surface area (Å²) in [7, 11) is 0. The molecule has 0 radical (unpaired) electrons. The Labute approximate surface area is 130 Å². The number of hydrogen-bond donors (Lipinski definition) is 1. The third-order valence-electron chi connectivity index (χ3n) is 3.76. The summed E-state index contributed by atoms with van der Waals surface area (Å²) in [6.07, 6.45) is 0. The molecule has 0 saturated carbocycles. The highest BCUT2D eigenvalue weighted by molar-refractivity contribution is 7.99. The van der Waals surface area contributed by atoms with E-state index in [1.807, 2.05) is 17.8 Å². The van der Waals surface area contributed by atoms with E-state index in [4.69, 9.17) is 4.74 Å². The molecule has 0 spiro atoms. The van der Waals surface area contributed by atoms with Gasteiger partial charge in [-0.15, -0.1) is 11.8 Å². The van der Waals surface area contributed by atoms with Gasteiger partial charge in [-0.05, 0) is 18.2 Å². The molecule has 1 aliphatic rings. The van der Waals surface area contributed by atoms with Crippen molar-refractivity contribution in [3.8, 4) is 5.75 Å². The second-order valence-corrected chi connectivity index (χ2v) is 6.45. The average Bonchev–Trinajstić information content (AvgIpc) is 2.55. The van der Waals surface area contributed by atoms with E-state index in [0.29, 0.717) is 11.3 Å². The summed E-state index contributed by atoms with van der Waals surface area (Å²) in [5.74, 6) is 2.05. The number of thioether (sulfide) groups is 1. The van der Waals surface area contributed by atoms with Crippen LogP contribution in [0.3, 0.4) is 0 Å². The average molecular weight is 299 g/mol. The van der Waals surface area contributed by atoms with E-state index in [0.717, 1.165) is 24.7 Å². The summed E-state index contributed by atoms with van der Waals surface area (Å²) in [6.45, 7) is 3.91. The predicted octanol–water partition coefficient (Wildman–Crippen LogP) is 4.03. The molecule has 0 aromatic heterocycles. The Morgan fingerprint density at radius 1 is 1.10 bits per heavy atom. The number of hydrogen-bond acceptors (Lipinski definition) is 3. The van der Waals surface area contributed by atoms with Crippen molar-refractivity contribution in [2.24, 2.45) is 0 Å². The van der Waals surface area contributed by atoms with Crippen LogP contribution >= 0.6 is 11.8 Å². The van der Waals surface area contributed by atoms with Gasteiger partial charge in [0.25, 0.3) is 0 Å². The summed E-state index contributed by atoms with van der Waals surface area (Å²) in [5, 5.41) is 4.07. The van der Waals surface area contributed by atoms with Crippen LogP contribution in [-0.2, 0) is 5.75 Å². The minimum Gasteiger partial charge on any atom is -0.492 e. The number of nitrogens with one attached hydrogen (secondary N) is 1. The fraction of sp³-hybridized carbons (Fsp3) is 0.333. The molecular formula is C18H21NOS. The Bertz CT molecular complexity index is 572. The van der Waals surface area contributed by atoms with Gasteiger partial charge in [0.05, 0.1) is 11.3 Å². The van der Waals surface area contributed by atoms with Crippen molar-refractivity contribution >= 4 is 11.8 Å². The molecule has 1 heterocycles. The summed E-state index contributed by atoms with van der Waals surface area (Å²) in [5.41, 5.74) is 2.66. The molecule has 2 unspecified atom stereocenters. The predicted molar refractivity (Wildman–Crippen MR) is 89.9 cm³/mol. The summed E-state index contributed by atoms with van der Waals surface area (Å²) in [4.78, 5) is 0. The fourth-order valence-electron chi connectivity index (χ4n) is 2.72. The van der Waals surface area contributed by atoms with Crippen LogP contribution in [0.4, 0.5) is 0 Å². The van der Waals surface area contributed by atoms with E-state index in [1.165, 1.54) is 11.1 Å². The first-order valence-corrected chi connectivity index (χ1v) is 8.54. The molecule has 1 N–H and O–H groups in total. The zero-order chi connectivity index (χ0) is 14.5. The van der Waals surface area contributed by atoms with Gasteiger partial charge in [-0.2, -0.15) is 0 Å². The maximum Gasteiger partial charge on any atom is 0.124 e. The van der Waals surface area contributed by atoms with Gasteiger partial charge in [-0.3, -0.25) is 0 Å². The smallest absolute Gasteiger partial charge is 0.124 e. The first-order valence-electron chi connectivity index (χ1n) is 7.49. The van der Waals surface area contributed by atoms with Gasteiger partial charge >= 0.3 is 0 Å². The zero-order valence-electron chi connectivity index (χ0n) is 12.3. The zero-order valence-corrected chi connectivity index (χ0v) is 13.1. The lowest BCUT2D eigenvalue weighted by Crippen LogP contribution is -2.37. The van der Waals surface area contributed by atoms with Gasteiger partial charge in [0.1, 0.15) is 12.4 Å². The monoisotopic (exact) mass is 299 g/mol. The number of para-hydroxylation sites is 1. The number of fused-ring (bicyclic) bond motifs is 1. The number of rotatable bonds is 5. The van der Waals surface area contributed by atoms with E-state index in [2.05, 4.69) is 60.8 Å². The summed E-state index contributed by atoms with van der Waals surface area (Å²) < 4.78 is 5.94. The van der Waals surface area contributed by atoms with E-state index < -0.39 is 0 Å². The number of benzene rings is 2. The van der Waals surface area contributed by atoms with E-state index in [1.54, 1.807) is 0 Å². The fourth-order valence-corrected chi connectivity index (χ4v) is 3.92. The first-order chi connectivity index (χ1) is 10.4. The van der Waals surface area contributed by atoms with Crippen LogP contribution in [0.25, 0.3) is 0 Å². The Morgan fingerprint density at radius 3 is 2.67 bits per heavy atom. The molecule has 110 valence electrons. The van der Waals surface area contributed by atoms with Crippen LogP contribution < -0.4 is 10.1 Å². The van der Waals surface area contributed by atoms with Gasteiger partial charge < -0.3 is 10.1 Å². The highest BCUT2D eigenvalue weighted by Gasteiger charge is 2.30. The molecule has 0 fully saturated rings. The second-order valence-electron chi connectivity index (χ2n) is 5.22. The van der Waals surface area contributed by atoms with Crippen LogP contribution in [0, 0.1) is 0 Å². The maximum absolute atomic E-state index is 5.94. The molecule has 2 nitrogen and oxygen atoms in total. The van der Waals surface area contributed by atoms with Gasteiger partial charge in [-0.1, -0.05) is 55.5 Å². The van der Waals surface area contributed by atoms with Crippen molar-refractivity contribution in [3.63, 3.8) is 0 Å². The Balaban J connectivity index is 1.73. The second kappa shape index (κ2) is 7.01. The van der Waals surface area contributed by atoms with Gasteiger partial charge in [0.2, 0.25) is 0 Å². The van der Waals surface area contributed by atoms with Crippen molar-refractivity contribution in [2.45, 2.75) is 24.0 Å². The molecule has 2 aromatic carbocycles. The molecule has 2 atom stereocenters.